The first kappa shape index (κ1) is 10.8. The monoisotopic (exact) mass is 221 g/mol. The van der Waals surface area contributed by atoms with E-state index in [4.69, 9.17) is 9.84 Å². The number of hydrogen-bond acceptors (Lipinski definition) is 3. The number of nitrogens with one attached hydrogen (secondary N) is 1. The van der Waals surface area contributed by atoms with Crippen LogP contribution < -0.4 is 10.1 Å². The minimum atomic E-state index is -0.811. The van der Waals surface area contributed by atoms with Crippen LogP contribution in [0.4, 0.5) is 5.69 Å². The van der Waals surface area contributed by atoms with Crippen molar-refractivity contribution >= 4 is 11.7 Å². The lowest BCUT2D eigenvalue weighted by Crippen LogP contribution is -2.33. The molecule has 1 heterocycles. The zero-order valence-electron chi connectivity index (χ0n) is 9.41. The van der Waals surface area contributed by atoms with Gasteiger partial charge in [0.05, 0.1) is 18.2 Å². The average Bonchev–Trinajstić information content (AvgIpc) is 2.15. The molecule has 0 spiro atoms. The maximum atomic E-state index is 10.6. The van der Waals surface area contributed by atoms with Crippen LogP contribution in [0.5, 0.6) is 5.75 Å². The second kappa shape index (κ2) is 4.04. The molecule has 4 nitrogen and oxygen atoms in total. The van der Waals surface area contributed by atoms with Gasteiger partial charge in [-0.25, -0.2) is 0 Å². The van der Waals surface area contributed by atoms with Gasteiger partial charge in [-0.1, -0.05) is 6.07 Å². The molecule has 0 aromatic heterocycles. The quantitative estimate of drug-likeness (QED) is 0.801. The van der Waals surface area contributed by atoms with E-state index in [0.717, 1.165) is 22.6 Å². The van der Waals surface area contributed by atoms with Gasteiger partial charge in [0.2, 0.25) is 0 Å². The topological polar surface area (TPSA) is 58.6 Å². The maximum Gasteiger partial charge on any atom is 0.305 e. The molecule has 2 rings (SSSR count). The molecule has 0 amide bonds. The third-order valence-corrected chi connectivity index (χ3v) is 2.63. The summed E-state index contributed by atoms with van der Waals surface area (Å²) in [6.45, 7) is 4.41. The number of carboxylic acid groups (broad SMARTS) is 1. The SMILES string of the molecule is Cc1cc(C)c2c(c1)NC(CC(=O)O)CO2. The van der Waals surface area contributed by atoms with E-state index in [1.54, 1.807) is 0 Å². The Balaban J connectivity index is 2.23. The summed E-state index contributed by atoms with van der Waals surface area (Å²) < 4.78 is 5.60. The largest absolute Gasteiger partial charge is 0.489 e. The van der Waals surface area contributed by atoms with Crippen LogP contribution in [-0.4, -0.2) is 23.7 Å². The van der Waals surface area contributed by atoms with E-state index in [1.165, 1.54) is 0 Å². The summed E-state index contributed by atoms with van der Waals surface area (Å²) in [6.07, 6.45) is 0.0758. The van der Waals surface area contributed by atoms with Gasteiger partial charge in [0, 0.05) is 0 Å². The Bertz CT molecular complexity index is 429. The van der Waals surface area contributed by atoms with Crippen LogP contribution in [0.3, 0.4) is 0 Å². The number of anilines is 1. The molecule has 1 aliphatic heterocycles. The van der Waals surface area contributed by atoms with Gasteiger partial charge in [-0.05, 0) is 31.0 Å². The van der Waals surface area contributed by atoms with Gasteiger partial charge in [0.15, 0.2) is 0 Å². The molecule has 4 heteroatoms. The second-order valence-corrected chi connectivity index (χ2v) is 4.21. The minimum Gasteiger partial charge on any atom is -0.489 e. The van der Waals surface area contributed by atoms with Gasteiger partial charge in [-0.3, -0.25) is 4.79 Å². The zero-order valence-corrected chi connectivity index (χ0v) is 9.41. The van der Waals surface area contributed by atoms with Gasteiger partial charge < -0.3 is 15.2 Å². The summed E-state index contributed by atoms with van der Waals surface area (Å²) in [7, 11) is 0. The zero-order chi connectivity index (χ0) is 11.7. The fourth-order valence-electron chi connectivity index (χ4n) is 2.02. The molecule has 0 bridgehead atoms. The molecule has 0 saturated carbocycles. The van der Waals surface area contributed by atoms with E-state index in [0.29, 0.717) is 6.61 Å². The Morgan fingerprint density at radius 3 is 3.00 bits per heavy atom. The smallest absolute Gasteiger partial charge is 0.305 e. The number of hydrogen-bond donors (Lipinski definition) is 2. The molecule has 1 aromatic carbocycles. The molecule has 0 aliphatic carbocycles. The highest BCUT2D eigenvalue weighted by molar-refractivity contribution is 5.70. The summed E-state index contributed by atoms with van der Waals surface area (Å²) in [5.41, 5.74) is 3.12. The molecular weight excluding hydrogens is 206 g/mol. The van der Waals surface area contributed by atoms with Crippen molar-refractivity contribution in [2.24, 2.45) is 0 Å². The molecule has 0 radical (unpaired) electrons. The number of ether oxygens (including phenoxy) is 1. The average molecular weight is 221 g/mol. The number of benzene rings is 1. The maximum absolute atomic E-state index is 10.6. The van der Waals surface area contributed by atoms with Gasteiger partial charge >= 0.3 is 5.97 Å². The first-order chi connectivity index (χ1) is 7.56. The van der Waals surface area contributed by atoms with Crippen molar-refractivity contribution in [2.45, 2.75) is 26.3 Å². The molecule has 0 saturated heterocycles. The van der Waals surface area contributed by atoms with Gasteiger partial charge in [0.1, 0.15) is 12.4 Å². The predicted octanol–water partition coefficient (Wildman–Crippen LogP) is 1.95. The molecular formula is C12H15NO3. The van der Waals surface area contributed by atoms with Crippen LogP contribution in [0.25, 0.3) is 0 Å². The van der Waals surface area contributed by atoms with Gasteiger partial charge in [-0.2, -0.15) is 0 Å². The van der Waals surface area contributed by atoms with Crippen LogP contribution >= 0.6 is 0 Å². The number of carboxylic acids is 1. The van der Waals surface area contributed by atoms with Crippen LogP contribution in [0.15, 0.2) is 12.1 Å². The lowest BCUT2D eigenvalue weighted by atomic mass is 10.1. The molecule has 1 aliphatic rings. The molecule has 1 atom stereocenters. The minimum absolute atomic E-state index is 0.0758. The molecule has 0 fully saturated rings. The van der Waals surface area contributed by atoms with Crippen molar-refractivity contribution in [3.8, 4) is 5.75 Å². The Morgan fingerprint density at radius 1 is 1.56 bits per heavy atom. The Labute approximate surface area is 94.2 Å². The Morgan fingerprint density at radius 2 is 2.31 bits per heavy atom. The highest BCUT2D eigenvalue weighted by atomic mass is 16.5. The van der Waals surface area contributed by atoms with E-state index in [9.17, 15) is 4.79 Å². The Kier molecular flexibility index (Phi) is 2.73. The molecule has 16 heavy (non-hydrogen) atoms. The second-order valence-electron chi connectivity index (χ2n) is 4.21. The number of fused-ring (bicyclic) bond motifs is 1. The highest BCUT2D eigenvalue weighted by Crippen LogP contribution is 2.33. The van der Waals surface area contributed by atoms with E-state index in [-0.39, 0.29) is 12.5 Å². The molecule has 1 unspecified atom stereocenters. The summed E-state index contributed by atoms with van der Waals surface area (Å²) in [6, 6.07) is 3.89. The third-order valence-electron chi connectivity index (χ3n) is 2.63. The summed E-state index contributed by atoms with van der Waals surface area (Å²) in [4.78, 5) is 10.6. The van der Waals surface area contributed by atoms with Gasteiger partial charge in [0.25, 0.3) is 0 Å². The number of carbonyl (C=O) groups is 1. The molecule has 86 valence electrons. The lowest BCUT2D eigenvalue weighted by Gasteiger charge is -2.28. The summed E-state index contributed by atoms with van der Waals surface area (Å²) in [5, 5.41) is 11.9. The van der Waals surface area contributed by atoms with Crippen molar-refractivity contribution in [2.75, 3.05) is 11.9 Å². The standard InChI is InChI=1S/C12H15NO3/c1-7-3-8(2)12-10(4-7)13-9(6-16-12)5-11(14)15/h3-4,9,13H,5-6H2,1-2H3,(H,14,15). The first-order valence-electron chi connectivity index (χ1n) is 5.28. The normalized spacial score (nSPS) is 18.2. The van der Waals surface area contributed by atoms with Crippen molar-refractivity contribution in [1.29, 1.82) is 0 Å². The van der Waals surface area contributed by atoms with Crippen LogP contribution in [0.2, 0.25) is 0 Å². The van der Waals surface area contributed by atoms with Crippen molar-refractivity contribution in [3.05, 3.63) is 23.3 Å². The summed E-state index contributed by atoms with van der Waals surface area (Å²) >= 11 is 0. The van der Waals surface area contributed by atoms with E-state index in [1.807, 2.05) is 19.9 Å². The Hall–Kier alpha value is -1.71. The lowest BCUT2D eigenvalue weighted by molar-refractivity contribution is -0.137. The van der Waals surface area contributed by atoms with Crippen LogP contribution in [0, 0.1) is 13.8 Å². The first-order valence-corrected chi connectivity index (χ1v) is 5.28. The van der Waals surface area contributed by atoms with Crippen molar-refractivity contribution < 1.29 is 14.6 Å². The molecule has 2 N–H and O–H groups in total. The van der Waals surface area contributed by atoms with E-state index >= 15 is 0 Å². The fourth-order valence-corrected chi connectivity index (χ4v) is 2.02. The van der Waals surface area contributed by atoms with Crippen molar-refractivity contribution in [3.63, 3.8) is 0 Å². The van der Waals surface area contributed by atoms with Crippen molar-refractivity contribution in [1.82, 2.24) is 0 Å². The van der Waals surface area contributed by atoms with Crippen LogP contribution in [0.1, 0.15) is 17.5 Å². The number of aryl methyl sites for hydroxylation is 2. The van der Waals surface area contributed by atoms with E-state index in [2.05, 4.69) is 11.4 Å². The van der Waals surface area contributed by atoms with E-state index < -0.39 is 5.97 Å². The van der Waals surface area contributed by atoms with Crippen LogP contribution in [-0.2, 0) is 4.79 Å². The highest BCUT2D eigenvalue weighted by Gasteiger charge is 2.22. The predicted molar refractivity (Wildman–Crippen MR) is 61.1 cm³/mol. The summed E-state index contributed by atoms with van der Waals surface area (Å²) in [5.74, 6) is 0.0289. The molecule has 1 aromatic rings. The third kappa shape index (κ3) is 2.10. The van der Waals surface area contributed by atoms with Gasteiger partial charge in [-0.15, -0.1) is 0 Å². The fraction of sp³-hybridized carbons (Fsp3) is 0.417. The number of aliphatic carboxylic acids is 1. The number of rotatable bonds is 2.